The van der Waals surface area contributed by atoms with Crippen molar-refractivity contribution >= 4 is 6.21 Å². The van der Waals surface area contributed by atoms with E-state index in [0.29, 0.717) is 0 Å². The molecule has 0 N–H and O–H groups in total. The van der Waals surface area contributed by atoms with Crippen LogP contribution in [0.25, 0.3) is 0 Å². The number of benzene rings is 1. The minimum absolute atomic E-state index is 0.231. The summed E-state index contributed by atoms with van der Waals surface area (Å²) in [5.41, 5.74) is 1.40. The molecule has 3 heteroatoms. The molecule has 0 amide bonds. The van der Waals surface area contributed by atoms with Crippen molar-refractivity contribution < 1.29 is 4.74 Å². The molecule has 2 bridgehead atoms. The van der Waals surface area contributed by atoms with Crippen molar-refractivity contribution in [1.82, 2.24) is 4.90 Å². The molecule has 0 radical (unpaired) electrons. The summed E-state index contributed by atoms with van der Waals surface area (Å²) in [4.78, 5) is 7.45. The van der Waals surface area contributed by atoms with E-state index in [-0.39, 0.29) is 5.54 Å². The first-order valence-electron chi connectivity index (χ1n) is 6.71. The second-order valence-corrected chi connectivity index (χ2v) is 5.35. The van der Waals surface area contributed by atoms with Crippen molar-refractivity contribution in [3.8, 4) is 5.75 Å². The van der Waals surface area contributed by atoms with Crippen LogP contribution in [-0.4, -0.2) is 43.4 Å². The molecule has 1 aromatic rings. The lowest BCUT2D eigenvalue weighted by Gasteiger charge is -2.46. The molecule has 0 aromatic heterocycles. The Labute approximate surface area is 108 Å². The molecular formula is C15H20N2O. The number of piperidine rings is 3. The number of aliphatic imine (C=N–C) groups is 1. The van der Waals surface area contributed by atoms with Crippen LogP contribution in [0.15, 0.2) is 29.3 Å². The lowest BCUT2D eigenvalue weighted by atomic mass is 9.80. The summed E-state index contributed by atoms with van der Waals surface area (Å²) in [5.74, 6) is 0.899. The van der Waals surface area contributed by atoms with Gasteiger partial charge in [-0.05, 0) is 49.1 Å². The van der Waals surface area contributed by atoms with Crippen molar-refractivity contribution in [1.29, 1.82) is 0 Å². The SMILES string of the molecule is COc1ccc(C=NC23CCN(CC2)CC3)cc1. The van der Waals surface area contributed by atoms with Crippen LogP contribution in [0.4, 0.5) is 0 Å². The summed E-state index contributed by atoms with van der Waals surface area (Å²) in [6.45, 7) is 3.67. The molecule has 96 valence electrons. The fourth-order valence-corrected chi connectivity index (χ4v) is 2.90. The van der Waals surface area contributed by atoms with Crippen LogP contribution in [0.3, 0.4) is 0 Å². The van der Waals surface area contributed by atoms with Crippen LogP contribution in [0, 0.1) is 0 Å². The standard InChI is InChI=1S/C15H20N2O/c1-18-14-4-2-13(3-5-14)12-16-15-6-9-17(10-7-15)11-8-15/h2-5,12H,6-11H2,1H3. The van der Waals surface area contributed by atoms with Gasteiger partial charge in [-0.1, -0.05) is 0 Å². The first kappa shape index (κ1) is 11.7. The van der Waals surface area contributed by atoms with Gasteiger partial charge in [0.15, 0.2) is 0 Å². The number of fused-ring (bicyclic) bond motifs is 3. The largest absolute Gasteiger partial charge is 0.497 e. The number of nitrogens with zero attached hydrogens (tertiary/aromatic N) is 2. The summed E-state index contributed by atoms with van der Waals surface area (Å²) in [6.07, 6.45) is 5.71. The molecule has 3 aliphatic heterocycles. The Morgan fingerprint density at radius 2 is 1.72 bits per heavy atom. The van der Waals surface area contributed by atoms with Crippen LogP contribution in [0.1, 0.15) is 24.8 Å². The molecule has 3 nitrogen and oxygen atoms in total. The minimum Gasteiger partial charge on any atom is -0.497 e. The molecule has 3 heterocycles. The second-order valence-electron chi connectivity index (χ2n) is 5.35. The summed E-state index contributed by atoms with van der Waals surface area (Å²) >= 11 is 0. The fraction of sp³-hybridized carbons (Fsp3) is 0.533. The molecule has 3 saturated heterocycles. The highest BCUT2D eigenvalue weighted by atomic mass is 16.5. The van der Waals surface area contributed by atoms with Gasteiger partial charge in [0.25, 0.3) is 0 Å². The van der Waals surface area contributed by atoms with E-state index in [4.69, 9.17) is 9.73 Å². The van der Waals surface area contributed by atoms with E-state index in [1.165, 1.54) is 38.9 Å². The van der Waals surface area contributed by atoms with Gasteiger partial charge < -0.3 is 9.64 Å². The number of methoxy groups -OCH3 is 1. The Kier molecular flexibility index (Phi) is 3.08. The Balaban J connectivity index is 1.72. The lowest BCUT2D eigenvalue weighted by molar-refractivity contribution is 0.0887. The molecule has 3 aliphatic rings. The van der Waals surface area contributed by atoms with E-state index in [0.717, 1.165) is 11.3 Å². The van der Waals surface area contributed by atoms with E-state index in [1.54, 1.807) is 7.11 Å². The smallest absolute Gasteiger partial charge is 0.118 e. The normalized spacial score (nSPS) is 30.8. The molecule has 3 fully saturated rings. The van der Waals surface area contributed by atoms with Gasteiger partial charge in [0.05, 0.1) is 12.6 Å². The Morgan fingerprint density at radius 1 is 1.11 bits per heavy atom. The molecule has 0 aliphatic carbocycles. The maximum atomic E-state index is 5.16. The molecule has 0 spiro atoms. The van der Waals surface area contributed by atoms with Gasteiger partial charge in [0, 0.05) is 25.8 Å². The van der Waals surface area contributed by atoms with Gasteiger partial charge in [-0.2, -0.15) is 0 Å². The zero-order chi connectivity index (χ0) is 12.4. The number of hydrogen-bond donors (Lipinski definition) is 0. The predicted molar refractivity (Wildman–Crippen MR) is 73.6 cm³/mol. The third-order valence-corrected chi connectivity index (χ3v) is 4.28. The number of rotatable bonds is 3. The van der Waals surface area contributed by atoms with E-state index < -0.39 is 0 Å². The predicted octanol–water partition coefficient (Wildman–Crippen LogP) is 2.35. The first-order chi connectivity index (χ1) is 8.80. The molecular weight excluding hydrogens is 224 g/mol. The maximum Gasteiger partial charge on any atom is 0.118 e. The van der Waals surface area contributed by atoms with Crippen molar-refractivity contribution in [2.24, 2.45) is 4.99 Å². The van der Waals surface area contributed by atoms with E-state index in [1.807, 2.05) is 18.3 Å². The topological polar surface area (TPSA) is 24.8 Å². The van der Waals surface area contributed by atoms with Crippen LogP contribution in [0.2, 0.25) is 0 Å². The first-order valence-corrected chi connectivity index (χ1v) is 6.71. The van der Waals surface area contributed by atoms with Gasteiger partial charge >= 0.3 is 0 Å². The van der Waals surface area contributed by atoms with Gasteiger partial charge in [-0.3, -0.25) is 4.99 Å². The monoisotopic (exact) mass is 244 g/mol. The van der Waals surface area contributed by atoms with Crippen molar-refractivity contribution in [2.75, 3.05) is 26.7 Å². The highest BCUT2D eigenvalue weighted by Gasteiger charge is 2.38. The highest BCUT2D eigenvalue weighted by molar-refractivity contribution is 5.80. The Hall–Kier alpha value is -1.35. The van der Waals surface area contributed by atoms with E-state index >= 15 is 0 Å². The molecule has 0 unspecified atom stereocenters. The second kappa shape index (κ2) is 4.73. The molecule has 0 saturated carbocycles. The number of hydrogen-bond acceptors (Lipinski definition) is 3. The van der Waals surface area contributed by atoms with Gasteiger partial charge in [-0.25, -0.2) is 0 Å². The quantitative estimate of drug-likeness (QED) is 0.762. The van der Waals surface area contributed by atoms with Crippen molar-refractivity contribution in [3.05, 3.63) is 29.8 Å². The van der Waals surface area contributed by atoms with Gasteiger partial charge in [-0.15, -0.1) is 0 Å². The number of ether oxygens (including phenoxy) is 1. The average Bonchev–Trinajstić information content (AvgIpc) is 2.48. The summed E-state index contributed by atoms with van der Waals surface area (Å²) in [5, 5.41) is 0. The Morgan fingerprint density at radius 3 is 2.28 bits per heavy atom. The van der Waals surface area contributed by atoms with Crippen molar-refractivity contribution in [2.45, 2.75) is 24.8 Å². The zero-order valence-corrected chi connectivity index (χ0v) is 10.9. The third kappa shape index (κ3) is 2.27. The summed E-state index contributed by atoms with van der Waals surface area (Å²) in [6, 6.07) is 8.11. The van der Waals surface area contributed by atoms with E-state index in [2.05, 4.69) is 17.0 Å². The van der Waals surface area contributed by atoms with Crippen molar-refractivity contribution in [3.63, 3.8) is 0 Å². The maximum absolute atomic E-state index is 5.16. The third-order valence-electron chi connectivity index (χ3n) is 4.28. The van der Waals surface area contributed by atoms with Crippen LogP contribution >= 0.6 is 0 Å². The lowest BCUT2D eigenvalue weighted by Crippen LogP contribution is -2.51. The molecule has 4 rings (SSSR count). The molecule has 1 aromatic carbocycles. The fourth-order valence-electron chi connectivity index (χ4n) is 2.90. The van der Waals surface area contributed by atoms with Gasteiger partial charge in [0.1, 0.15) is 5.75 Å². The van der Waals surface area contributed by atoms with Gasteiger partial charge in [0.2, 0.25) is 0 Å². The van der Waals surface area contributed by atoms with Crippen LogP contribution in [0.5, 0.6) is 5.75 Å². The van der Waals surface area contributed by atoms with Crippen LogP contribution in [-0.2, 0) is 0 Å². The molecule has 0 atom stereocenters. The zero-order valence-electron chi connectivity index (χ0n) is 10.9. The highest BCUT2D eigenvalue weighted by Crippen LogP contribution is 2.35. The summed E-state index contributed by atoms with van der Waals surface area (Å²) < 4.78 is 5.16. The molecule has 18 heavy (non-hydrogen) atoms. The summed E-state index contributed by atoms with van der Waals surface area (Å²) in [7, 11) is 1.69. The Bertz CT molecular complexity index is 417. The van der Waals surface area contributed by atoms with Crippen LogP contribution < -0.4 is 4.74 Å². The van der Waals surface area contributed by atoms with E-state index in [9.17, 15) is 0 Å². The minimum atomic E-state index is 0.231. The average molecular weight is 244 g/mol.